The summed E-state index contributed by atoms with van der Waals surface area (Å²) < 4.78 is 2.35. The number of hydrogen-bond acceptors (Lipinski definition) is 0. The number of rotatable bonds is 1. The second-order valence-corrected chi connectivity index (χ2v) is 7.61. The van der Waals surface area contributed by atoms with Gasteiger partial charge >= 0.3 is 0 Å². The molecule has 0 atom stereocenters. The highest BCUT2D eigenvalue weighted by molar-refractivity contribution is 9.11. The molecule has 4 aromatic carbocycles. The van der Waals surface area contributed by atoms with Gasteiger partial charge in [-0.25, -0.2) is 0 Å². The second kappa shape index (κ2) is 4.69. The van der Waals surface area contributed by atoms with Crippen LogP contribution < -0.4 is 0 Å². The van der Waals surface area contributed by atoms with Crippen molar-refractivity contribution in [1.82, 2.24) is 0 Å². The van der Waals surface area contributed by atoms with E-state index >= 15 is 0 Å². The van der Waals surface area contributed by atoms with E-state index in [-0.39, 0.29) is 0 Å². The lowest BCUT2D eigenvalue weighted by molar-refractivity contribution is 0.876. The lowest BCUT2D eigenvalue weighted by atomic mass is 9.89. The van der Waals surface area contributed by atoms with Gasteiger partial charge in [-0.2, -0.15) is 0 Å². The smallest absolute Gasteiger partial charge is 0.0257 e. The number of halogens is 2. The zero-order valence-electron chi connectivity index (χ0n) is 11.9. The Morgan fingerprint density at radius 2 is 1.33 bits per heavy atom. The average Bonchev–Trinajstić information content (AvgIpc) is 2.48. The maximum atomic E-state index is 3.77. The molecule has 0 aromatic heterocycles. The Labute approximate surface area is 140 Å². The van der Waals surface area contributed by atoms with Crippen molar-refractivity contribution >= 4 is 64.2 Å². The lowest BCUT2D eigenvalue weighted by Crippen LogP contribution is -1.93. The van der Waals surface area contributed by atoms with Gasteiger partial charge in [0.25, 0.3) is 0 Å². The monoisotopic (exact) mass is 400 g/mol. The van der Waals surface area contributed by atoms with Crippen LogP contribution in [0.25, 0.3) is 32.3 Å². The topological polar surface area (TPSA) is 0 Å². The number of benzene rings is 4. The Bertz CT molecular complexity index is 983. The Hall–Kier alpha value is -1.12. The quantitative estimate of drug-likeness (QED) is 0.295. The zero-order chi connectivity index (χ0) is 14.7. The molecule has 0 spiro atoms. The normalized spacial score (nSPS) is 12.2. The summed E-state index contributed by atoms with van der Waals surface area (Å²) in [6.45, 7) is 4.52. The van der Waals surface area contributed by atoms with Gasteiger partial charge in [-0.3, -0.25) is 0 Å². The van der Waals surface area contributed by atoms with E-state index in [4.69, 9.17) is 0 Å². The van der Waals surface area contributed by atoms with Gasteiger partial charge in [0.2, 0.25) is 0 Å². The van der Waals surface area contributed by atoms with Gasteiger partial charge in [0, 0.05) is 8.95 Å². The highest BCUT2D eigenvalue weighted by Gasteiger charge is 2.15. The molecular weight excluding hydrogens is 388 g/mol. The third kappa shape index (κ3) is 1.85. The van der Waals surface area contributed by atoms with Crippen molar-refractivity contribution in [3.8, 4) is 0 Å². The highest BCUT2D eigenvalue weighted by atomic mass is 79.9. The van der Waals surface area contributed by atoms with E-state index in [2.05, 4.69) is 88.2 Å². The molecular formula is C19H14Br2. The van der Waals surface area contributed by atoms with Crippen molar-refractivity contribution in [1.29, 1.82) is 0 Å². The van der Waals surface area contributed by atoms with Gasteiger partial charge in [0.15, 0.2) is 0 Å². The predicted octanol–water partition coefficient (Wildman–Crippen LogP) is 7.23. The SMILES string of the molecule is CC(C)c1cc(Br)c2ccc3ccc(Br)c4ccc1c2c34. The van der Waals surface area contributed by atoms with Crippen LogP contribution in [0.4, 0.5) is 0 Å². The third-order valence-electron chi connectivity index (χ3n) is 4.33. The van der Waals surface area contributed by atoms with Crippen molar-refractivity contribution in [3.63, 3.8) is 0 Å². The maximum absolute atomic E-state index is 3.77. The molecule has 104 valence electrons. The van der Waals surface area contributed by atoms with Crippen LogP contribution in [0.3, 0.4) is 0 Å². The minimum atomic E-state index is 0.509. The van der Waals surface area contributed by atoms with Crippen LogP contribution in [0.2, 0.25) is 0 Å². The molecule has 0 heterocycles. The fourth-order valence-electron chi connectivity index (χ4n) is 3.32. The minimum absolute atomic E-state index is 0.509. The fourth-order valence-corrected chi connectivity index (χ4v) is 4.36. The summed E-state index contributed by atoms with van der Waals surface area (Å²) in [4.78, 5) is 0. The molecule has 0 fully saturated rings. The molecule has 0 saturated heterocycles. The van der Waals surface area contributed by atoms with Crippen LogP contribution in [-0.2, 0) is 0 Å². The molecule has 4 aromatic rings. The molecule has 0 amide bonds. The summed E-state index contributed by atoms with van der Waals surface area (Å²) in [5.74, 6) is 0.509. The second-order valence-electron chi connectivity index (χ2n) is 5.90. The Balaban J connectivity index is 2.38. The third-order valence-corrected chi connectivity index (χ3v) is 5.68. The number of hydrogen-bond donors (Lipinski definition) is 0. The van der Waals surface area contributed by atoms with Gasteiger partial charge in [0.05, 0.1) is 0 Å². The van der Waals surface area contributed by atoms with Gasteiger partial charge in [-0.1, -0.05) is 76.0 Å². The standard InChI is InChI=1S/C19H14Br2/c1-10(2)15-9-17(21)14-5-3-11-4-8-16(20)13-7-6-12(15)19(14)18(11)13/h3-10H,1-2H3. The summed E-state index contributed by atoms with van der Waals surface area (Å²) in [7, 11) is 0. The molecule has 0 aliphatic heterocycles. The molecule has 0 N–H and O–H groups in total. The minimum Gasteiger partial charge on any atom is -0.0587 e. The van der Waals surface area contributed by atoms with E-state index in [1.807, 2.05) is 0 Å². The summed E-state index contributed by atoms with van der Waals surface area (Å²) in [5, 5.41) is 8.01. The summed E-state index contributed by atoms with van der Waals surface area (Å²) in [6.07, 6.45) is 0. The molecule has 21 heavy (non-hydrogen) atoms. The summed E-state index contributed by atoms with van der Waals surface area (Å²) in [5.41, 5.74) is 1.41. The van der Waals surface area contributed by atoms with Crippen molar-refractivity contribution in [3.05, 3.63) is 57.0 Å². The van der Waals surface area contributed by atoms with Crippen LogP contribution in [0.5, 0.6) is 0 Å². The van der Waals surface area contributed by atoms with Crippen LogP contribution in [0.1, 0.15) is 25.3 Å². The van der Waals surface area contributed by atoms with Crippen LogP contribution in [0.15, 0.2) is 51.4 Å². The molecule has 0 saturated carbocycles. The van der Waals surface area contributed by atoms with E-state index in [1.165, 1.54) is 42.4 Å². The molecule has 4 rings (SSSR count). The largest absolute Gasteiger partial charge is 0.0587 e. The highest BCUT2D eigenvalue weighted by Crippen LogP contribution is 2.42. The Morgan fingerprint density at radius 3 is 2.10 bits per heavy atom. The Kier molecular flexibility index (Phi) is 3.02. The molecule has 2 heteroatoms. The average molecular weight is 402 g/mol. The van der Waals surface area contributed by atoms with E-state index in [1.54, 1.807) is 0 Å². The van der Waals surface area contributed by atoms with E-state index < -0.39 is 0 Å². The zero-order valence-corrected chi connectivity index (χ0v) is 15.0. The fraction of sp³-hybridized carbons (Fsp3) is 0.158. The first-order valence-corrected chi connectivity index (χ1v) is 8.72. The van der Waals surface area contributed by atoms with Gasteiger partial charge < -0.3 is 0 Å². The molecule has 0 nitrogen and oxygen atoms in total. The maximum Gasteiger partial charge on any atom is 0.0257 e. The summed E-state index contributed by atoms with van der Waals surface area (Å²) >= 11 is 7.46. The molecule has 0 bridgehead atoms. The van der Waals surface area contributed by atoms with Crippen molar-refractivity contribution in [2.24, 2.45) is 0 Å². The van der Waals surface area contributed by atoms with Crippen LogP contribution >= 0.6 is 31.9 Å². The molecule has 0 aliphatic carbocycles. The van der Waals surface area contributed by atoms with E-state index in [9.17, 15) is 0 Å². The van der Waals surface area contributed by atoms with E-state index in [0.29, 0.717) is 5.92 Å². The molecule has 0 aliphatic rings. The van der Waals surface area contributed by atoms with E-state index in [0.717, 1.165) is 4.47 Å². The van der Waals surface area contributed by atoms with Crippen molar-refractivity contribution in [2.45, 2.75) is 19.8 Å². The van der Waals surface area contributed by atoms with Crippen molar-refractivity contribution in [2.75, 3.05) is 0 Å². The van der Waals surface area contributed by atoms with Gasteiger partial charge in [-0.15, -0.1) is 0 Å². The van der Waals surface area contributed by atoms with Crippen LogP contribution in [-0.4, -0.2) is 0 Å². The van der Waals surface area contributed by atoms with Crippen LogP contribution in [0, 0.1) is 0 Å². The first-order valence-electron chi connectivity index (χ1n) is 7.13. The first kappa shape index (κ1) is 13.5. The van der Waals surface area contributed by atoms with Gasteiger partial charge in [0.1, 0.15) is 0 Å². The summed E-state index contributed by atoms with van der Waals surface area (Å²) in [6, 6.07) is 15.6. The molecule has 0 unspecified atom stereocenters. The van der Waals surface area contributed by atoms with Gasteiger partial charge in [-0.05, 0) is 55.9 Å². The lowest BCUT2D eigenvalue weighted by Gasteiger charge is -2.17. The Morgan fingerprint density at radius 1 is 0.714 bits per heavy atom. The molecule has 0 radical (unpaired) electrons. The first-order chi connectivity index (χ1) is 10.1. The predicted molar refractivity (Wildman–Crippen MR) is 99.6 cm³/mol. The van der Waals surface area contributed by atoms with Crippen molar-refractivity contribution < 1.29 is 0 Å².